The number of hydrogen-bond donors (Lipinski definition) is 1. The molecular weight excluding hydrogens is 376 g/mol. The number of rotatable bonds is 6. The van der Waals surface area contributed by atoms with Crippen molar-refractivity contribution < 1.29 is 12.9 Å². The maximum absolute atomic E-state index is 12.5. The normalized spacial score (nSPS) is 16.8. The molecule has 0 aliphatic carbocycles. The Hall–Kier alpha value is -1.98. The van der Waals surface area contributed by atoms with Crippen molar-refractivity contribution in [2.75, 3.05) is 39.8 Å². The molecule has 0 bridgehead atoms. The number of guanidine groups is 1. The molecule has 3 rings (SSSR count). The molecule has 1 saturated heterocycles. The van der Waals surface area contributed by atoms with Crippen molar-refractivity contribution in [3.63, 3.8) is 0 Å². The third kappa shape index (κ3) is 4.80. The minimum atomic E-state index is -3.39. The summed E-state index contributed by atoms with van der Waals surface area (Å²) in [5.74, 6) is 0.652. The second-order valence-electron chi connectivity index (χ2n) is 5.78. The van der Waals surface area contributed by atoms with Crippen LogP contribution in [-0.4, -0.2) is 73.5 Å². The van der Waals surface area contributed by atoms with Gasteiger partial charge in [0, 0.05) is 63.8 Å². The zero-order valence-electron chi connectivity index (χ0n) is 14.5. The van der Waals surface area contributed by atoms with Gasteiger partial charge in [-0.05, 0) is 0 Å². The number of hydrogen-bond acceptors (Lipinski definition) is 7. The zero-order chi connectivity index (χ0) is 18.4. The van der Waals surface area contributed by atoms with Crippen LogP contribution in [0.15, 0.2) is 33.4 Å². The first-order valence-electron chi connectivity index (χ1n) is 8.29. The van der Waals surface area contributed by atoms with Gasteiger partial charge in [-0.2, -0.15) is 4.31 Å². The van der Waals surface area contributed by atoms with Crippen LogP contribution in [0.2, 0.25) is 0 Å². The molecule has 1 fully saturated rings. The highest BCUT2D eigenvalue weighted by Crippen LogP contribution is 2.13. The maximum atomic E-state index is 12.5. The largest absolute Gasteiger partial charge is 0.364 e. The van der Waals surface area contributed by atoms with E-state index in [9.17, 15) is 8.42 Å². The van der Waals surface area contributed by atoms with E-state index >= 15 is 0 Å². The summed E-state index contributed by atoms with van der Waals surface area (Å²) >= 11 is 1.63. The van der Waals surface area contributed by atoms with Gasteiger partial charge in [-0.25, -0.2) is 13.4 Å². The van der Waals surface area contributed by atoms with Crippen molar-refractivity contribution in [3.8, 4) is 0 Å². The van der Waals surface area contributed by atoms with Gasteiger partial charge in [0.15, 0.2) is 5.96 Å². The first kappa shape index (κ1) is 18.8. The molecule has 2 aromatic rings. The SMILES string of the molecule is CN=C(NCCc1nccs1)N1CCN(S(=O)(=O)Cc2ccon2)CC1. The summed E-state index contributed by atoms with van der Waals surface area (Å²) in [5, 5.41) is 10.0. The minimum absolute atomic E-state index is 0.135. The van der Waals surface area contributed by atoms with E-state index in [2.05, 4.69) is 25.3 Å². The second kappa shape index (κ2) is 8.60. The van der Waals surface area contributed by atoms with E-state index in [0.717, 1.165) is 23.9 Å². The summed E-state index contributed by atoms with van der Waals surface area (Å²) in [6.45, 7) is 2.77. The average molecular weight is 399 g/mol. The molecule has 0 aromatic carbocycles. The van der Waals surface area contributed by atoms with Crippen LogP contribution in [0.5, 0.6) is 0 Å². The van der Waals surface area contributed by atoms with Crippen LogP contribution >= 0.6 is 11.3 Å². The molecule has 26 heavy (non-hydrogen) atoms. The van der Waals surface area contributed by atoms with E-state index in [4.69, 9.17) is 4.52 Å². The zero-order valence-corrected chi connectivity index (χ0v) is 16.2. The Morgan fingerprint density at radius 3 is 2.81 bits per heavy atom. The van der Waals surface area contributed by atoms with Crippen LogP contribution in [0.25, 0.3) is 0 Å². The maximum Gasteiger partial charge on any atom is 0.220 e. The van der Waals surface area contributed by atoms with Crippen LogP contribution in [0.4, 0.5) is 0 Å². The summed E-state index contributed by atoms with van der Waals surface area (Å²) in [4.78, 5) is 10.6. The highest BCUT2D eigenvalue weighted by Gasteiger charge is 2.28. The lowest BCUT2D eigenvalue weighted by molar-refractivity contribution is 0.260. The molecule has 2 aromatic heterocycles. The molecule has 3 heterocycles. The van der Waals surface area contributed by atoms with Crippen molar-refractivity contribution in [1.82, 2.24) is 24.7 Å². The monoisotopic (exact) mass is 398 g/mol. The third-order valence-electron chi connectivity index (χ3n) is 4.07. The number of sulfonamides is 1. The average Bonchev–Trinajstić information content (AvgIpc) is 3.33. The first-order chi connectivity index (χ1) is 12.6. The Kier molecular flexibility index (Phi) is 6.22. The minimum Gasteiger partial charge on any atom is -0.364 e. The summed E-state index contributed by atoms with van der Waals surface area (Å²) in [6, 6.07) is 1.57. The Balaban J connectivity index is 1.48. The van der Waals surface area contributed by atoms with Gasteiger partial charge >= 0.3 is 0 Å². The molecular formula is C15H22N6O3S2. The summed E-state index contributed by atoms with van der Waals surface area (Å²) in [7, 11) is -1.66. The van der Waals surface area contributed by atoms with Crippen molar-refractivity contribution in [2.45, 2.75) is 12.2 Å². The number of aliphatic imine (C=N–C) groups is 1. The van der Waals surface area contributed by atoms with Crippen molar-refractivity contribution in [2.24, 2.45) is 4.99 Å². The van der Waals surface area contributed by atoms with Gasteiger partial charge in [0.2, 0.25) is 10.0 Å². The van der Waals surface area contributed by atoms with Crippen molar-refractivity contribution in [1.29, 1.82) is 0 Å². The van der Waals surface area contributed by atoms with Gasteiger partial charge in [-0.1, -0.05) is 5.16 Å². The molecule has 0 unspecified atom stereocenters. The predicted molar refractivity (Wildman–Crippen MR) is 99.5 cm³/mol. The van der Waals surface area contributed by atoms with Gasteiger partial charge in [0.25, 0.3) is 0 Å². The number of nitrogens with one attached hydrogen (secondary N) is 1. The topological polar surface area (TPSA) is 104 Å². The van der Waals surface area contributed by atoms with Crippen LogP contribution in [0, 0.1) is 0 Å². The van der Waals surface area contributed by atoms with E-state index in [1.807, 2.05) is 5.38 Å². The van der Waals surface area contributed by atoms with E-state index in [1.54, 1.807) is 30.6 Å². The lowest BCUT2D eigenvalue weighted by Crippen LogP contribution is -2.54. The smallest absolute Gasteiger partial charge is 0.220 e. The van der Waals surface area contributed by atoms with E-state index < -0.39 is 10.0 Å². The Morgan fingerprint density at radius 1 is 1.38 bits per heavy atom. The predicted octanol–water partition coefficient (Wildman–Crippen LogP) is 0.397. The molecule has 0 saturated carbocycles. The Morgan fingerprint density at radius 2 is 2.19 bits per heavy atom. The fourth-order valence-electron chi connectivity index (χ4n) is 2.76. The van der Waals surface area contributed by atoms with Gasteiger partial charge in [0.1, 0.15) is 12.0 Å². The number of nitrogens with zero attached hydrogens (tertiary/aromatic N) is 5. The molecule has 0 spiro atoms. The van der Waals surface area contributed by atoms with Crippen LogP contribution in [0.1, 0.15) is 10.7 Å². The summed E-state index contributed by atoms with van der Waals surface area (Å²) in [6.07, 6.45) is 4.01. The number of piperazine rings is 1. The van der Waals surface area contributed by atoms with Gasteiger partial charge < -0.3 is 14.7 Å². The van der Waals surface area contributed by atoms with Gasteiger partial charge in [0.05, 0.1) is 10.7 Å². The molecule has 1 N–H and O–H groups in total. The fourth-order valence-corrected chi connectivity index (χ4v) is 4.80. The quantitative estimate of drug-likeness (QED) is 0.555. The number of thiazole rings is 1. The standard InChI is InChI=1S/C15H22N6O3S2/c1-16-15(18-4-2-14-17-5-11-25-14)20-6-8-21(9-7-20)26(22,23)12-13-3-10-24-19-13/h3,5,10-11H,2,4,6-9,12H2,1H3,(H,16,18). The first-order valence-corrected chi connectivity index (χ1v) is 10.8. The highest BCUT2D eigenvalue weighted by atomic mass is 32.2. The van der Waals surface area contributed by atoms with E-state index in [-0.39, 0.29) is 5.75 Å². The molecule has 0 radical (unpaired) electrons. The lowest BCUT2D eigenvalue weighted by Gasteiger charge is -2.35. The van der Waals surface area contributed by atoms with E-state index in [1.165, 1.54) is 10.6 Å². The van der Waals surface area contributed by atoms with E-state index in [0.29, 0.717) is 31.9 Å². The van der Waals surface area contributed by atoms with Crippen LogP contribution in [0.3, 0.4) is 0 Å². The summed E-state index contributed by atoms with van der Waals surface area (Å²) < 4.78 is 31.2. The second-order valence-corrected chi connectivity index (χ2v) is 8.73. The fraction of sp³-hybridized carbons (Fsp3) is 0.533. The molecule has 1 aliphatic heterocycles. The van der Waals surface area contributed by atoms with Crippen LogP contribution in [-0.2, 0) is 22.2 Å². The molecule has 9 nitrogen and oxygen atoms in total. The van der Waals surface area contributed by atoms with Crippen molar-refractivity contribution in [3.05, 3.63) is 34.6 Å². The Labute approximate surface area is 156 Å². The van der Waals surface area contributed by atoms with Gasteiger partial charge in [-0.15, -0.1) is 11.3 Å². The highest BCUT2D eigenvalue weighted by molar-refractivity contribution is 7.88. The molecule has 0 amide bonds. The molecule has 0 atom stereocenters. The molecule has 1 aliphatic rings. The lowest BCUT2D eigenvalue weighted by atomic mass is 10.4. The Bertz CT molecular complexity index is 797. The molecule has 142 valence electrons. The van der Waals surface area contributed by atoms with Crippen molar-refractivity contribution >= 4 is 27.3 Å². The van der Waals surface area contributed by atoms with Crippen LogP contribution < -0.4 is 5.32 Å². The third-order valence-corrected chi connectivity index (χ3v) is 6.72. The number of aromatic nitrogens is 2. The van der Waals surface area contributed by atoms with Gasteiger partial charge in [-0.3, -0.25) is 4.99 Å². The molecule has 11 heteroatoms. The summed E-state index contributed by atoms with van der Waals surface area (Å²) in [5.41, 5.74) is 0.423.